The first-order valence-corrected chi connectivity index (χ1v) is 8.96. The Morgan fingerprint density at radius 2 is 1.89 bits per heavy atom. The van der Waals surface area contributed by atoms with Gasteiger partial charge in [-0.15, -0.1) is 0 Å². The van der Waals surface area contributed by atoms with Crippen molar-refractivity contribution in [3.63, 3.8) is 0 Å². The number of carbonyl (C=O) groups excluding carboxylic acids is 2. The van der Waals surface area contributed by atoms with Gasteiger partial charge in [-0.05, 0) is 36.8 Å². The summed E-state index contributed by atoms with van der Waals surface area (Å²) in [5.41, 5.74) is 3.13. The lowest BCUT2D eigenvalue weighted by molar-refractivity contribution is 0.0988. The third-order valence-corrected chi connectivity index (χ3v) is 5.36. The van der Waals surface area contributed by atoms with Crippen molar-refractivity contribution in [3.05, 3.63) is 81.2 Å². The number of rotatable bonds is 3. The molecule has 2 aromatic carbocycles. The zero-order valence-electron chi connectivity index (χ0n) is 14.3. The quantitative estimate of drug-likeness (QED) is 0.647. The van der Waals surface area contributed by atoms with Crippen molar-refractivity contribution in [1.29, 1.82) is 0 Å². The van der Waals surface area contributed by atoms with E-state index in [1.54, 1.807) is 36.1 Å². The van der Waals surface area contributed by atoms with Crippen LogP contribution in [0.4, 0.5) is 11.4 Å². The van der Waals surface area contributed by atoms with Gasteiger partial charge in [-0.2, -0.15) is 0 Å². The fourth-order valence-electron chi connectivity index (χ4n) is 3.08. The topological polar surface area (TPSA) is 62.6 Å². The molecule has 0 bridgehead atoms. The highest BCUT2D eigenvalue weighted by atomic mass is 35.5. The lowest BCUT2D eigenvalue weighted by Gasteiger charge is -2.19. The number of nitrogens with one attached hydrogen (secondary N) is 1. The van der Waals surface area contributed by atoms with E-state index in [0.29, 0.717) is 29.0 Å². The Kier molecular flexibility index (Phi) is 4.42. The Morgan fingerprint density at radius 1 is 1.11 bits per heavy atom. The zero-order valence-corrected chi connectivity index (χ0v) is 15.8. The molecule has 0 aliphatic carbocycles. The van der Waals surface area contributed by atoms with Gasteiger partial charge in [0.1, 0.15) is 0 Å². The number of hydrogen-bond acceptors (Lipinski definition) is 3. The first-order valence-electron chi connectivity index (χ1n) is 8.20. The summed E-state index contributed by atoms with van der Waals surface area (Å²) in [5, 5.41) is 3.05. The Labute approximate surface area is 165 Å². The lowest BCUT2D eigenvalue weighted by atomic mass is 10.1. The first-order chi connectivity index (χ1) is 13.0. The van der Waals surface area contributed by atoms with Crippen LogP contribution in [0.25, 0.3) is 0 Å². The number of anilines is 2. The molecule has 0 atom stereocenters. The number of benzene rings is 2. The van der Waals surface area contributed by atoms with E-state index in [9.17, 15) is 9.59 Å². The van der Waals surface area contributed by atoms with Crippen molar-refractivity contribution >= 4 is 46.4 Å². The van der Waals surface area contributed by atoms with Crippen molar-refractivity contribution in [3.8, 4) is 0 Å². The zero-order chi connectivity index (χ0) is 19.1. The second-order valence-electron chi connectivity index (χ2n) is 6.20. The third-order valence-electron chi connectivity index (χ3n) is 4.49. The van der Waals surface area contributed by atoms with Crippen LogP contribution >= 0.6 is 23.2 Å². The number of fused-ring (bicyclic) bond motifs is 1. The van der Waals surface area contributed by atoms with Gasteiger partial charge in [0.05, 0.1) is 34.2 Å². The number of aryl methyl sites for hydroxylation is 1. The van der Waals surface area contributed by atoms with Crippen LogP contribution in [-0.4, -0.2) is 11.8 Å². The van der Waals surface area contributed by atoms with E-state index in [1.165, 1.54) is 6.26 Å². The smallest absolute Gasteiger partial charge is 0.291 e. The molecule has 3 aromatic rings. The Bertz CT molecular complexity index is 1070. The summed E-state index contributed by atoms with van der Waals surface area (Å²) in [6.45, 7) is 2.19. The van der Waals surface area contributed by atoms with Crippen molar-refractivity contribution in [2.75, 3.05) is 10.2 Å². The van der Waals surface area contributed by atoms with Gasteiger partial charge in [-0.1, -0.05) is 41.4 Å². The predicted molar refractivity (Wildman–Crippen MR) is 105 cm³/mol. The van der Waals surface area contributed by atoms with Gasteiger partial charge < -0.3 is 14.6 Å². The molecule has 5 nitrogen and oxygen atoms in total. The SMILES string of the molecule is Cc1ccoc1C(=O)Nc1ccc(N2Cc3ccccc3C2=O)c(Cl)c1Cl. The van der Waals surface area contributed by atoms with Gasteiger partial charge in [0.2, 0.25) is 0 Å². The molecule has 0 saturated carbocycles. The van der Waals surface area contributed by atoms with Crippen LogP contribution in [0.3, 0.4) is 0 Å². The summed E-state index contributed by atoms with van der Waals surface area (Å²) >= 11 is 12.8. The van der Waals surface area contributed by atoms with Gasteiger partial charge in [0.25, 0.3) is 11.8 Å². The van der Waals surface area contributed by atoms with Gasteiger partial charge in [-0.25, -0.2) is 0 Å². The maximum absolute atomic E-state index is 12.7. The molecule has 0 radical (unpaired) electrons. The van der Waals surface area contributed by atoms with Crippen LogP contribution in [0.5, 0.6) is 0 Å². The Morgan fingerprint density at radius 3 is 2.59 bits per heavy atom. The van der Waals surface area contributed by atoms with Crippen molar-refractivity contribution < 1.29 is 14.0 Å². The molecule has 136 valence electrons. The summed E-state index contributed by atoms with van der Waals surface area (Å²) < 4.78 is 5.18. The summed E-state index contributed by atoms with van der Waals surface area (Å²) in [4.78, 5) is 26.6. The molecule has 1 aliphatic rings. The lowest BCUT2D eigenvalue weighted by Crippen LogP contribution is -2.23. The molecule has 0 spiro atoms. The van der Waals surface area contributed by atoms with Crippen LogP contribution < -0.4 is 10.2 Å². The molecule has 0 saturated heterocycles. The van der Waals surface area contributed by atoms with Gasteiger partial charge in [0, 0.05) is 11.1 Å². The van der Waals surface area contributed by atoms with Crippen LogP contribution in [0.15, 0.2) is 53.1 Å². The van der Waals surface area contributed by atoms with E-state index >= 15 is 0 Å². The van der Waals surface area contributed by atoms with Crippen molar-refractivity contribution in [1.82, 2.24) is 0 Å². The molecule has 0 unspecified atom stereocenters. The second kappa shape index (κ2) is 6.76. The predicted octanol–water partition coefficient (Wildman–Crippen LogP) is 5.31. The largest absolute Gasteiger partial charge is 0.459 e. The fraction of sp³-hybridized carbons (Fsp3) is 0.100. The monoisotopic (exact) mass is 400 g/mol. The van der Waals surface area contributed by atoms with Gasteiger partial charge in [-0.3, -0.25) is 9.59 Å². The standard InChI is InChI=1S/C20H14Cl2N2O3/c1-11-8-9-27-18(11)19(25)23-14-6-7-15(17(22)16(14)21)24-10-12-4-2-3-5-13(12)20(24)26/h2-9H,10H2,1H3,(H,23,25). The minimum absolute atomic E-state index is 0.133. The minimum atomic E-state index is -0.423. The van der Waals surface area contributed by atoms with Crippen molar-refractivity contribution in [2.45, 2.75) is 13.5 Å². The molecule has 1 aromatic heterocycles. The third kappa shape index (κ3) is 2.99. The highest BCUT2D eigenvalue weighted by Crippen LogP contribution is 2.40. The molecule has 1 N–H and O–H groups in total. The molecule has 7 heteroatoms. The number of furan rings is 1. The number of hydrogen-bond donors (Lipinski definition) is 1. The van der Waals surface area contributed by atoms with Gasteiger partial charge >= 0.3 is 0 Å². The van der Waals surface area contributed by atoms with Crippen LogP contribution in [0, 0.1) is 6.92 Å². The average Bonchev–Trinajstić information content (AvgIpc) is 3.23. The number of amides is 2. The van der Waals surface area contributed by atoms with Crippen molar-refractivity contribution in [2.24, 2.45) is 0 Å². The first kappa shape index (κ1) is 17.6. The molecule has 2 amide bonds. The summed E-state index contributed by atoms with van der Waals surface area (Å²) in [5.74, 6) is -0.351. The molecule has 4 rings (SSSR count). The average molecular weight is 401 g/mol. The normalized spacial score (nSPS) is 13.0. The molecular weight excluding hydrogens is 387 g/mol. The molecule has 27 heavy (non-hydrogen) atoms. The van der Waals surface area contributed by atoms with E-state index in [-0.39, 0.29) is 21.7 Å². The summed E-state index contributed by atoms with van der Waals surface area (Å²) in [6, 6.07) is 12.4. The van der Waals surface area contributed by atoms with E-state index in [4.69, 9.17) is 27.6 Å². The molecule has 1 aliphatic heterocycles. The van der Waals surface area contributed by atoms with Crippen LogP contribution in [0.2, 0.25) is 10.0 Å². The second-order valence-corrected chi connectivity index (χ2v) is 6.95. The molecule has 0 fully saturated rings. The molecule has 2 heterocycles. The van der Waals surface area contributed by atoms with E-state index in [0.717, 1.165) is 5.56 Å². The summed E-state index contributed by atoms with van der Waals surface area (Å²) in [6.07, 6.45) is 1.44. The highest BCUT2D eigenvalue weighted by molar-refractivity contribution is 6.46. The Balaban J connectivity index is 1.63. The van der Waals surface area contributed by atoms with Gasteiger partial charge in [0.15, 0.2) is 5.76 Å². The van der Waals surface area contributed by atoms with E-state index in [2.05, 4.69) is 5.32 Å². The fourth-order valence-corrected chi connectivity index (χ4v) is 3.55. The highest BCUT2D eigenvalue weighted by Gasteiger charge is 2.30. The number of nitrogens with zero attached hydrogens (tertiary/aromatic N) is 1. The molecular formula is C20H14Cl2N2O3. The Hall–Kier alpha value is -2.76. The van der Waals surface area contributed by atoms with Crippen LogP contribution in [-0.2, 0) is 6.54 Å². The maximum atomic E-state index is 12.7. The maximum Gasteiger partial charge on any atom is 0.291 e. The number of halogens is 2. The summed E-state index contributed by atoms with van der Waals surface area (Å²) in [7, 11) is 0. The minimum Gasteiger partial charge on any atom is -0.459 e. The van der Waals surface area contributed by atoms with E-state index in [1.807, 2.05) is 18.2 Å². The van der Waals surface area contributed by atoms with E-state index < -0.39 is 5.91 Å². The number of carbonyl (C=O) groups is 2. The van der Waals surface area contributed by atoms with Crippen LogP contribution in [0.1, 0.15) is 32.0 Å².